The van der Waals surface area contributed by atoms with Crippen LogP contribution in [-0.2, 0) is 4.79 Å². The number of carbonyl (C=O) groups is 1. The van der Waals surface area contributed by atoms with Crippen LogP contribution in [0.2, 0.25) is 0 Å². The molecule has 3 N–H and O–H groups in total. The number of nitrogens with zero attached hydrogens (tertiary/aromatic N) is 1. The molecule has 0 spiro atoms. The fourth-order valence-corrected chi connectivity index (χ4v) is 0.962. The van der Waals surface area contributed by atoms with E-state index < -0.39 is 0 Å². The molecule has 1 aromatic rings. The number of ether oxygens (including phenoxy) is 1. The number of anilines is 1. The van der Waals surface area contributed by atoms with Crippen LogP contribution in [0.1, 0.15) is 12.6 Å². The van der Waals surface area contributed by atoms with Crippen molar-refractivity contribution >= 4 is 11.6 Å². The first-order valence-electron chi connectivity index (χ1n) is 4.67. The lowest BCUT2D eigenvalue weighted by Gasteiger charge is -2.01. The van der Waals surface area contributed by atoms with Crippen LogP contribution in [0.5, 0.6) is 5.88 Å². The number of pyridine rings is 1. The van der Waals surface area contributed by atoms with E-state index in [0.29, 0.717) is 17.3 Å². The molecule has 1 amide bonds. The van der Waals surface area contributed by atoms with Crippen molar-refractivity contribution in [2.75, 3.05) is 19.4 Å². The Hall–Kier alpha value is -2.22. The third-order valence-corrected chi connectivity index (χ3v) is 1.74. The highest BCUT2D eigenvalue weighted by molar-refractivity contribution is 5.73. The maximum atomic E-state index is 10.6. The minimum Gasteiger partial charge on any atom is -0.481 e. The zero-order chi connectivity index (χ0) is 12.0. The summed E-state index contributed by atoms with van der Waals surface area (Å²) in [5.41, 5.74) is 6.61. The average molecular weight is 219 g/mol. The van der Waals surface area contributed by atoms with Crippen LogP contribution < -0.4 is 15.8 Å². The van der Waals surface area contributed by atoms with Gasteiger partial charge in [-0.3, -0.25) is 4.79 Å². The van der Waals surface area contributed by atoms with Gasteiger partial charge in [0.15, 0.2) is 0 Å². The number of hydrogen-bond acceptors (Lipinski definition) is 4. The molecule has 5 nitrogen and oxygen atoms in total. The maximum Gasteiger partial charge on any atom is 0.217 e. The zero-order valence-electron chi connectivity index (χ0n) is 9.20. The third-order valence-electron chi connectivity index (χ3n) is 1.74. The summed E-state index contributed by atoms with van der Waals surface area (Å²) in [6, 6.07) is 3.34. The van der Waals surface area contributed by atoms with E-state index in [1.807, 2.05) is 0 Å². The van der Waals surface area contributed by atoms with E-state index in [-0.39, 0.29) is 12.5 Å². The summed E-state index contributed by atoms with van der Waals surface area (Å²) in [5.74, 6) is 5.84. The van der Waals surface area contributed by atoms with Gasteiger partial charge in [-0.2, -0.15) is 0 Å². The quantitative estimate of drug-likeness (QED) is 0.695. The van der Waals surface area contributed by atoms with Crippen molar-refractivity contribution < 1.29 is 9.53 Å². The van der Waals surface area contributed by atoms with Gasteiger partial charge < -0.3 is 15.8 Å². The number of aromatic nitrogens is 1. The molecule has 0 unspecified atom stereocenters. The van der Waals surface area contributed by atoms with Gasteiger partial charge in [0, 0.05) is 13.0 Å². The van der Waals surface area contributed by atoms with Crippen molar-refractivity contribution in [3.8, 4) is 17.7 Å². The smallest absolute Gasteiger partial charge is 0.217 e. The predicted octanol–water partition coefficient (Wildman–Crippen LogP) is 0.160. The van der Waals surface area contributed by atoms with Gasteiger partial charge in [0.2, 0.25) is 11.8 Å². The lowest BCUT2D eigenvalue weighted by Crippen LogP contribution is -2.19. The molecule has 0 atom stereocenters. The van der Waals surface area contributed by atoms with Gasteiger partial charge >= 0.3 is 0 Å². The number of amides is 1. The number of nitrogens with one attached hydrogen (secondary N) is 1. The molecule has 0 bridgehead atoms. The molecule has 0 radical (unpaired) electrons. The van der Waals surface area contributed by atoms with Crippen molar-refractivity contribution in [3.63, 3.8) is 0 Å². The molecule has 0 aromatic carbocycles. The molecule has 5 heteroatoms. The first-order chi connectivity index (χ1) is 7.63. The fraction of sp³-hybridized carbons (Fsp3) is 0.273. The third kappa shape index (κ3) is 3.50. The summed E-state index contributed by atoms with van der Waals surface area (Å²) in [4.78, 5) is 14.7. The zero-order valence-corrected chi connectivity index (χ0v) is 9.20. The van der Waals surface area contributed by atoms with Gasteiger partial charge in [-0.15, -0.1) is 0 Å². The molecule has 0 saturated heterocycles. The number of nitrogen functional groups attached to an aromatic ring is 1. The van der Waals surface area contributed by atoms with Crippen LogP contribution in [-0.4, -0.2) is 24.5 Å². The van der Waals surface area contributed by atoms with E-state index in [2.05, 4.69) is 22.1 Å². The SMILES string of the molecule is COc1ccc(N)c(C#CCNC(C)=O)n1. The van der Waals surface area contributed by atoms with Crippen LogP contribution in [0.25, 0.3) is 0 Å². The van der Waals surface area contributed by atoms with Crippen LogP contribution >= 0.6 is 0 Å². The molecular formula is C11H13N3O2. The fourth-order valence-electron chi connectivity index (χ4n) is 0.962. The Kier molecular flexibility index (Phi) is 4.16. The van der Waals surface area contributed by atoms with E-state index in [4.69, 9.17) is 10.5 Å². The van der Waals surface area contributed by atoms with Crippen LogP contribution in [0.3, 0.4) is 0 Å². The summed E-state index contributed by atoms with van der Waals surface area (Å²) in [6.07, 6.45) is 0. The highest BCUT2D eigenvalue weighted by atomic mass is 16.5. The predicted molar refractivity (Wildman–Crippen MR) is 60.8 cm³/mol. The highest BCUT2D eigenvalue weighted by Gasteiger charge is 1.99. The molecule has 0 aliphatic rings. The Morgan fingerprint density at radius 2 is 2.38 bits per heavy atom. The van der Waals surface area contributed by atoms with Crippen molar-refractivity contribution in [2.24, 2.45) is 0 Å². The van der Waals surface area contributed by atoms with Gasteiger partial charge in [-0.05, 0) is 12.0 Å². The highest BCUT2D eigenvalue weighted by Crippen LogP contribution is 2.13. The standard InChI is InChI=1S/C11H13N3O2/c1-8(15)13-7-3-4-10-9(12)5-6-11(14-10)16-2/h5-6H,7,12H2,1-2H3,(H,13,15). The molecule has 1 aromatic heterocycles. The molecule has 16 heavy (non-hydrogen) atoms. The van der Waals surface area contributed by atoms with E-state index >= 15 is 0 Å². The first-order valence-corrected chi connectivity index (χ1v) is 4.67. The molecule has 0 aliphatic heterocycles. The van der Waals surface area contributed by atoms with E-state index in [9.17, 15) is 4.79 Å². The molecule has 0 saturated carbocycles. The lowest BCUT2D eigenvalue weighted by molar-refractivity contribution is -0.118. The second kappa shape index (κ2) is 5.61. The summed E-state index contributed by atoms with van der Waals surface area (Å²) < 4.78 is 4.95. The molecule has 0 fully saturated rings. The Bertz CT molecular complexity index is 446. The van der Waals surface area contributed by atoms with Gasteiger partial charge in [0.1, 0.15) is 5.69 Å². The van der Waals surface area contributed by atoms with Crippen LogP contribution in [0, 0.1) is 11.8 Å². The van der Waals surface area contributed by atoms with Gasteiger partial charge in [-0.25, -0.2) is 4.98 Å². The molecule has 1 rings (SSSR count). The van der Waals surface area contributed by atoms with E-state index in [1.165, 1.54) is 14.0 Å². The number of carbonyl (C=O) groups excluding carboxylic acids is 1. The number of methoxy groups -OCH3 is 1. The molecule has 1 heterocycles. The molecule has 0 aliphatic carbocycles. The summed E-state index contributed by atoms with van der Waals surface area (Å²) in [5, 5.41) is 2.55. The van der Waals surface area contributed by atoms with Crippen molar-refractivity contribution in [3.05, 3.63) is 17.8 Å². The van der Waals surface area contributed by atoms with E-state index in [0.717, 1.165) is 0 Å². The van der Waals surface area contributed by atoms with Crippen LogP contribution in [0.15, 0.2) is 12.1 Å². The Morgan fingerprint density at radius 1 is 1.62 bits per heavy atom. The molecule has 84 valence electrons. The normalized spacial score (nSPS) is 8.88. The Balaban J connectivity index is 2.75. The minimum atomic E-state index is -0.124. The Labute approximate surface area is 94.0 Å². The minimum absolute atomic E-state index is 0.124. The summed E-state index contributed by atoms with van der Waals surface area (Å²) in [7, 11) is 1.52. The molecular weight excluding hydrogens is 206 g/mol. The van der Waals surface area contributed by atoms with Gasteiger partial charge in [0.25, 0.3) is 0 Å². The monoisotopic (exact) mass is 219 g/mol. The largest absolute Gasteiger partial charge is 0.481 e. The van der Waals surface area contributed by atoms with Crippen LogP contribution in [0.4, 0.5) is 5.69 Å². The second-order valence-corrected chi connectivity index (χ2v) is 3.00. The van der Waals surface area contributed by atoms with E-state index in [1.54, 1.807) is 12.1 Å². The first kappa shape index (κ1) is 11.9. The summed E-state index contributed by atoms with van der Waals surface area (Å²) in [6.45, 7) is 1.70. The lowest BCUT2D eigenvalue weighted by atomic mass is 10.3. The number of rotatable bonds is 2. The van der Waals surface area contributed by atoms with Crippen molar-refractivity contribution in [2.45, 2.75) is 6.92 Å². The second-order valence-electron chi connectivity index (χ2n) is 3.00. The van der Waals surface area contributed by atoms with Crippen molar-refractivity contribution in [1.29, 1.82) is 0 Å². The van der Waals surface area contributed by atoms with Crippen molar-refractivity contribution in [1.82, 2.24) is 10.3 Å². The van der Waals surface area contributed by atoms with Gasteiger partial charge in [0.05, 0.1) is 19.3 Å². The summed E-state index contributed by atoms with van der Waals surface area (Å²) >= 11 is 0. The topological polar surface area (TPSA) is 77.2 Å². The maximum absolute atomic E-state index is 10.6. The average Bonchev–Trinajstić information content (AvgIpc) is 2.26. The number of nitrogens with two attached hydrogens (primary N) is 1. The number of hydrogen-bond donors (Lipinski definition) is 2. The Morgan fingerprint density at radius 3 is 3.00 bits per heavy atom. The van der Waals surface area contributed by atoms with Gasteiger partial charge in [-0.1, -0.05) is 5.92 Å².